The first kappa shape index (κ1) is 11.2. The maximum Gasteiger partial charge on any atom is 0.446 e. The number of alkyl halides is 3. The summed E-state index contributed by atoms with van der Waals surface area (Å²) in [7, 11) is 1.43. The lowest BCUT2D eigenvalue weighted by atomic mass is 10.2. The minimum atomic E-state index is -4.30. The molecule has 0 aliphatic carbocycles. The molecule has 2 rings (SSSR count). The summed E-state index contributed by atoms with van der Waals surface area (Å²) in [6.07, 6.45) is 1.34. The van der Waals surface area contributed by atoms with E-state index in [1.54, 1.807) is 18.2 Å². The quantitative estimate of drug-likeness (QED) is 0.817. The van der Waals surface area contributed by atoms with Gasteiger partial charge in [-0.15, -0.1) is 0 Å². The Kier molecular flexibility index (Phi) is 2.75. The normalized spacial score (nSPS) is 12.0. The van der Waals surface area contributed by atoms with Gasteiger partial charge in [-0.2, -0.15) is 13.2 Å². The molecule has 0 aliphatic heterocycles. The van der Waals surface area contributed by atoms with Crippen molar-refractivity contribution in [3.05, 3.63) is 24.4 Å². The third kappa shape index (κ3) is 2.11. The largest absolute Gasteiger partial charge is 0.496 e. The summed E-state index contributed by atoms with van der Waals surface area (Å²) in [5.74, 6) is 0.436. The molecule has 1 aromatic carbocycles. The Balaban J connectivity index is 2.54. The number of rotatable bonds is 2. The van der Waals surface area contributed by atoms with Crippen LogP contribution in [0.15, 0.2) is 29.3 Å². The smallest absolute Gasteiger partial charge is 0.446 e. The van der Waals surface area contributed by atoms with Gasteiger partial charge in [-0.25, -0.2) is 0 Å². The van der Waals surface area contributed by atoms with E-state index in [0.29, 0.717) is 16.7 Å². The molecule has 2 nitrogen and oxygen atoms in total. The van der Waals surface area contributed by atoms with Crippen LogP contribution in [-0.2, 0) is 0 Å². The van der Waals surface area contributed by atoms with E-state index in [0.717, 1.165) is 0 Å². The highest BCUT2D eigenvalue weighted by Gasteiger charge is 2.31. The van der Waals surface area contributed by atoms with Crippen molar-refractivity contribution in [3.8, 4) is 5.75 Å². The van der Waals surface area contributed by atoms with E-state index in [-0.39, 0.29) is 16.7 Å². The average molecular weight is 247 g/mol. The number of benzene rings is 1. The molecule has 0 fully saturated rings. The fraction of sp³-hybridized carbons (Fsp3) is 0.200. The molecule has 0 spiro atoms. The summed E-state index contributed by atoms with van der Waals surface area (Å²) in [5.41, 5.74) is -3.67. The van der Waals surface area contributed by atoms with Crippen molar-refractivity contribution in [1.82, 2.24) is 4.98 Å². The molecule has 1 aromatic heterocycles. The van der Waals surface area contributed by atoms with E-state index in [1.165, 1.54) is 13.3 Å². The van der Waals surface area contributed by atoms with Crippen LogP contribution in [0.1, 0.15) is 0 Å². The van der Waals surface area contributed by atoms with Crippen LogP contribution in [0, 0.1) is 0 Å². The van der Waals surface area contributed by atoms with Crippen LogP contribution in [-0.4, -0.2) is 17.6 Å². The van der Waals surface area contributed by atoms with Gasteiger partial charge in [-0.05, 0) is 23.9 Å². The zero-order valence-corrected chi connectivity index (χ0v) is 9.08. The van der Waals surface area contributed by atoms with E-state index < -0.39 is 5.51 Å². The van der Waals surface area contributed by atoms with Crippen molar-refractivity contribution in [1.29, 1.82) is 0 Å². The van der Waals surface area contributed by atoms with Gasteiger partial charge in [0.25, 0.3) is 0 Å². The summed E-state index contributed by atoms with van der Waals surface area (Å²) in [6, 6.07) is 5.06. The Morgan fingerprint density at radius 2 is 2.06 bits per heavy atom. The maximum atomic E-state index is 12.3. The number of ether oxygens (including phenoxy) is 1. The number of aromatic amines is 1. The molecule has 0 saturated carbocycles. The van der Waals surface area contributed by atoms with E-state index in [1.807, 2.05) is 0 Å². The second kappa shape index (κ2) is 3.93. The van der Waals surface area contributed by atoms with Crippen LogP contribution < -0.4 is 4.74 Å². The van der Waals surface area contributed by atoms with Crippen molar-refractivity contribution < 1.29 is 17.9 Å². The fourth-order valence-electron chi connectivity index (χ4n) is 1.50. The number of methoxy groups -OCH3 is 1. The Morgan fingerprint density at radius 3 is 2.69 bits per heavy atom. The van der Waals surface area contributed by atoms with Crippen LogP contribution in [0.2, 0.25) is 0 Å². The van der Waals surface area contributed by atoms with Gasteiger partial charge in [0.2, 0.25) is 0 Å². The number of fused-ring (bicyclic) bond motifs is 1. The Labute approximate surface area is 93.8 Å². The predicted octanol–water partition coefficient (Wildman–Crippen LogP) is 3.79. The number of hydrogen-bond acceptors (Lipinski definition) is 2. The Hall–Kier alpha value is -1.30. The molecule has 6 heteroatoms. The van der Waals surface area contributed by atoms with Gasteiger partial charge in [0.05, 0.1) is 18.0 Å². The van der Waals surface area contributed by atoms with Gasteiger partial charge >= 0.3 is 5.51 Å². The summed E-state index contributed by atoms with van der Waals surface area (Å²) in [4.78, 5) is 2.91. The molecular weight excluding hydrogens is 239 g/mol. The minimum absolute atomic E-state index is 0.125. The molecule has 0 aliphatic rings. The topological polar surface area (TPSA) is 25.0 Å². The molecule has 2 aromatic rings. The molecule has 1 N–H and O–H groups in total. The van der Waals surface area contributed by atoms with Crippen molar-refractivity contribution >= 4 is 22.7 Å². The Morgan fingerprint density at radius 1 is 1.31 bits per heavy atom. The predicted molar refractivity (Wildman–Crippen MR) is 56.8 cm³/mol. The number of H-pyrrole nitrogens is 1. The lowest BCUT2D eigenvalue weighted by Crippen LogP contribution is -1.98. The summed E-state index contributed by atoms with van der Waals surface area (Å²) >= 11 is -0.145. The monoisotopic (exact) mass is 247 g/mol. The summed E-state index contributed by atoms with van der Waals surface area (Å²) < 4.78 is 41.9. The van der Waals surface area contributed by atoms with Gasteiger partial charge in [0.15, 0.2) is 0 Å². The number of nitrogens with one attached hydrogen (secondary N) is 1. The van der Waals surface area contributed by atoms with Crippen LogP contribution in [0.4, 0.5) is 13.2 Å². The Bertz CT molecular complexity index is 506. The second-order valence-corrected chi connectivity index (χ2v) is 4.19. The SMILES string of the molecule is COc1cccc2[nH]cc(SC(F)(F)F)c12. The lowest BCUT2D eigenvalue weighted by molar-refractivity contribution is -0.0327. The van der Waals surface area contributed by atoms with E-state index in [4.69, 9.17) is 4.74 Å². The maximum absolute atomic E-state index is 12.3. The number of aromatic nitrogens is 1. The molecule has 0 bridgehead atoms. The highest BCUT2D eigenvalue weighted by Crippen LogP contribution is 2.42. The van der Waals surface area contributed by atoms with Gasteiger partial charge in [0, 0.05) is 11.1 Å². The second-order valence-electron chi connectivity index (χ2n) is 3.08. The van der Waals surface area contributed by atoms with Crippen molar-refractivity contribution in [3.63, 3.8) is 0 Å². The third-order valence-corrected chi connectivity index (χ3v) is 2.85. The number of halogens is 3. The standard InChI is InChI=1S/C10H8F3NOS/c1-15-7-4-2-3-6-9(7)8(5-14-6)16-10(11,12)13/h2-5,14H,1H3. The zero-order valence-electron chi connectivity index (χ0n) is 8.26. The van der Waals surface area contributed by atoms with Gasteiger partial charge in [-0.3, -0.25) is 0 Å². The van der Waals surface area contributed by atoms with E-state index in [2.05, 4.69) is 4.98 Å². The highest BCUT2D eigenvalue weighted by molar-refractivity contribution is 8.00. The van der Waals surface area contributed by atoms with Crippen LogP contribution in [0.5, 0.6) is 5.75 Å². The first-order valence-corrected chi connectivity index (χ1v) is 5.23. The molecule has 0 amide bonds. The number of hydrogen-bond donors (Lipinski definition) is 1. The van der Waals surface area contributed by atoms with Crippen LogP contribution in [0.25, 0.3) is 10.9 Å². The lowest BCUT2D eigenvalue weighted by Gasteiger charge is -2.06. The third-order valence-electron chi connectivity index (χ3n) is 2.08. The van der Waals surface area contributed by atoms with Crippen LogP contribution >= 0.6 is 11.8 Å². The zero-order chi connectivity index (χ0) is 11.8. The first-order valence-electron chi connectivity index (χ1n) is 4.41. The molecule has 0 radical (unpaired) electrons. The molecule has 0 atom stereocenters. The molecular formula is C10H8F3NOS. The van der Waals surface area contributed by atoms with Gasteiger partial charge < -0.3 is 9.72 Å². The summed E-state index contributed by atoms with van der Waals surface area (Å²) in [5, 5.41) is 0.465. The van der Waals surface area contributed by atoms with Crippen molar-refractivity contribution in [2.24, 2.45) is 0 Å². The van der Waals surface area contributed by atoms with Gasteiger partial charge in [-0.1, -0.05) is 6.07 Å². The van der Waals surface area contributed by atoms with Gasteiger partial charge in [0.1, 0.15) is 5.75 Å². The highest BCUT2D eigenvalue weighted by atomic mass is 32.2. The van der Waals surface area contributed by atoms with Crippen LogP contribution in [0.3, 0.4) is 0 Å². The first-order chi connectivity index (χ1) is 7.51. The van der Waals surface area contributed by atoms with Crippen molar-refractivity contribution in [2.45, 2.75) is 10.4 Å². The van der Waals surface area contributed by atoms with Crippen molar-refractivity contribution in [2.75, 3.05) is 7.11 Å². The fourth-order valence-corrected chi connectivity index (χ4v) is 2.18. The van der Waals surface area contributed by atoms with E-state index >= 15 is 0 Å². The molecule has 0 saturated heterocycles. The average Bonchev–Trinajstić information content (AvgIpc) is 2.59. The minimum Gasteiger partial charge on any atom is -0.496 e. The molecule has 86 valence electrons. The molecule has 1 heterocycles. The summed E-state index contributed by atoms with van der Waals surface area (Å²) in [6.45, 7) is 0. The number of thioether (sulfide) groups is 1. The molecule has 0 unspecified atom stereocenters. The molecule has 16 heavy (non-hydrogen) atoms. The van der Waals surface area contributed by atoms with E-state index in [9.17, 15) is 13.2 Å².